The minimum absolute atomic E-state index is 0.122. The maximum absolute atomic E-state index is 11.7. The fourth-order valence-corrected chi connectivity index (χ4v) is 1.96. The van der Waals surface area contributed by atoms with Gasteiger partial charge < -0.3 is 4.90 Å². The Labute approximate surface area is 124 Å². The number of nitrogens with zero attached hydrogens (tertiary/aromatic N) is 4. The third-order valence-electron chi connectivity index (χ3n) is 2.30. The minimum Gasteiger partial charge on any atom is -0.343 e. The smallest absolute Gasteiger partial charge is 0.273 e. The quantitative estimate of drug-likeness (QED) is 0.800. The van der Waals surface area contributed by atoms with E-state index in [4.69, 9.17) is 34.8 Å². The van der Waals surface area contributed by atoms with Gasteiger partial charge in [0.1, 0.15) is 5.15 Å². The summed E-state index contributed by atoms with van der Waals surface area (Å²) in [5, 5.41) is 4.78. The van der Waals surface area contributed by atoms with Crippen LogP contribution >= 0.6 is 34.8 Å². The Morgan fingerprint density at radius 2 is 1.95 bits per heavy atom. The zero-order chi connectivity index (χ0) is 14.2. The molecule has 0 bridgehead atoms. The fourth-order valence-electron chi connectivity index (χ4n) is 1.38. The molecule has 100 valence electrons. The molecule has 0 aliphatic carbocycles. The van der Waals surface area contributed by atoms with Crippen molar-refractivity contribution in [2.45, 2.75) is 0 Å². The molecule has 2 rings (SSSR count). The van der Waals surface area contributed by atoms with Crippen molar-refractivity contribution in [2.24, 2.45) is 0 Å². The van der Waals surface area contributed by atoms with Crippen LogP contribution in [0, 0.1) is 0 Å². The first-order valence-electron chi connectivity index (χ1n) is 5.19. The van der Waals surface area contributed by atoms with E-state index in [2.05, 4.69) is 10.1 Å². The Hall–Kier alpha value is -1.30. The van der Waals surface area contributed by atoms with E-state index in [-0.39, 0.29) is 21.8 Å². The summed E-state index contributed by atoms with van der Waals surface area (Å²) >= 11 is 17.7. The van der Waals surface area contributed by atoms with Gasteiger partial charge in [0.15, 0.2) is 11.5 Å². The highest BCUT2D eigenvalue weighted by molar-refractivity contribution is 6.42. The third kappa shape index (κ3) is 2.83. The van der Waals surface area contributed by atoms with E-state index in [1.165, 1.54) is 15.6 Å². The lowest BCUT2D eigenvalue weighted by Gasteiger charge is -2.07. The first kappa shape index (κ1) is 14.1. The van der Waals surface area contributed by atoms with Crippen molar-refractivity contribution in [3.8, 4) is 5.82 Å². The van der Waals surface area contributed by atoms with Crippen molar-refractivity contribution >= 4 is 40.7 Å². The van der Waals surface area contributed by atoms with Crippen LogP contribution in [0.2, 0.25) is 15.2 Å². The molecular formula is C11H9Cl3N4O. The molecule has 0 saturated heterocycles. The summed E-state index contributed by atoms with van der Waals surface area (Å²) in [6.07, 6.45) is 1.58. The van der Waals surface area contributed by atoms with Gasteiger partial charge in [-0.25, -0.2) is 9.67 Å². The van der Waals surface area contributed by atoms with Crippen LogP contribution in [0.4, 0.5) is 0 Å². The molecule has 0 spiro atoms. The second kappa shape index (κ2) is 5.36. The van der Waals surface area contributed by atoms with Gasteiger partial charge in [0, 0.05) is 20.3 Å². The molecule has 2 aromatic heterocycles. The number of rotatable bonds is 2. The first-order valence-corrected chi connectivity index (χ1v) is 6.32. The lowest BCUT2D eigenvalue weighted by atomic mass is 10.4. The molecule has 2 aromatic rings. The topological polar surface area (TPSA) is 51.0 Å². The molecule has 0 aliphatic heterocycles. The van der Waals surface area contributed by atoms with Crippen LogP contribution in [0.1, 0.15) is 10.5 Å². The zero-order valence-corrected chi connectivity index (χ0v) is 12.3. The number of carbonyl (C=O) groups is 1. The number of carbonyl (C=O) groups excluding carboxylic acids is 1. The fraction of sp³-hybridized carbons (Fsp3) is 0.182. The number of aromatic nitrogens is 3. The Bertz CT molecular complexity index is 639. The van der Waals surface area contributed by atoms with Crippen LogP contribution in [0.25, 0.3) is 5.82 Å². The van der Waals surface area contributed by atoms with E-state index in [9.17, 15) is 4.79 Å². The van der Waals surface area contributed by atoms with Crippen molar-refractivity contribution in [2.75, 3.05) is 14.1 Å². The standard InChI is InChI=1S/C11H9Cl3N4O/c1-17(2)11(19)8-3-4-18(16-8)10-7(13)5-6(12)9(14)15-10/h3-5H,1-2H3. The molecule has 0 radical (unpaired) electrons. The third-order valence-corrected chi connectivity index (χ3v) is 3.25. The molecule has 0 fully saturated rings. The normalized spacial score (nSPS) is 10.6. The molecule has 2 heterocycles. The lowest BCUT2D eigenvalue weighted by Crippen LogP contribution is -2.22. The maximum Gasteiger partial charge on any atom is 0.273 e. The van der Waals surface area contributed by atoms with Crippen LogP contribution in [-0.2, 0) is 0 Å². The van der Waals surface area contributed by atoms with Crippen LogP contribution in [0.5, 0.6) is 0 Å². The summed E-state index contributed by atoms with van der Waals surface area (Å²) in [4.78, 5) is 17.2. The highest BCUT2D eigenvalue weighted by Gasteiger charge is 2.15. The van der Waals surface area contributed by atoms with Gasteiger partial charge in [-0.05, 0) is 12.1 Å². The Balaban J connectivity index is 2.44. The molecule has 0 atom stereocenters. The zero-order valence-electron chi connectivity index (χ0n) is 10.1. The van der Waals surface area contributed by atoms with Gasteiger partial charge in [-0.3, -0.25) is 4.79 Å². The Morgan fingerprint density at radius 1 is 1.26 bits per heavy atom. The van der Waals surface area contributed by atoms with Crippen LogP contribution in [0.15, 0.2) is 18.3 Å². The van der Waals surface area contributed by atoms with Crippen LogP contribution in [-0.4, -0.2) is 39.7 Å². The predicted octanol–water partition coefficient (Wildman–Crippen LogP) is 2.93. The summed E-state index contributed by atoms with van der Waals surface area (Å²) in [6.45, 7) is 0. The number of amides is 1. The van der Waals surface area contributed by atoms with Crippen molar-refractivity contribution < 1.29 is 4.79 Å². The second-order valence-corrected chi connectivity index (χ2v) is 5.08. The molecule has 5 nitrogen and oxygen atoms in total. The minimum atomic E-state index is -0.213. The lowest BCUT2D eigenvalue weighted by molar-refractivity contribution is 0.0821. The van der Waals surface area contributed by atoms with Gasteiger partial charge in [-0.1, -0.05) is 34.8 Å². The summed E-state index contributed by atoms with van der Waals surface area (Å²) in [5.74, 6) is 0.101. The van der Waals surface area contributed by atoms with Crippen molar-refractivity contribution in [1.82, 2.24) is 19.7 Å². The van der Waals surface area contributed by atoms with E-state index in [0.717, 1.165) is 0 Å². The van der Waals surface area contributed by atoms with Gasteiger partial charge in [0.2, 0.25) is 0 Å². The first-order chi connectivity index (χ1) is 8.90. The molecule has 0 aromatic carbocycles. The molecule has 19 heavy (non-hydrogen) atoms. The molecular weight excluding hydrogens is 311 g/mol. The molecule has 0 N–H and O–H groups in total. The Morgan fingerprint density at radius 3 is 2.58 bits per heavy atom. The average Bonchev–Trinajstić information content (AvgIpc) is 2.81. The summed E-state index contributed by atoms with van der Waals surface area (Å²) in [5.41, 5.74) is 0.286. The van der Waals surface area contributed by atoms with Gasteiger partial charge in [0.05, 0.1) is 10.0 Å². The molecule has 1 amide bonds. The molecule has 0 aliphatic rings. The van der Waals surface area contributed by atoms with Gasteiger partial charge in [-0.15, -0.1) is 0 Å². The summed E-state index contributed by atoms with van der Waals surface area (Å²) in [6, 6.07) is 3.05. The van der Waals surface area contributed by atoms with Crippen molar-refractivity contribution in [1.29, 1.82) is 0 Å². The number of pyridine rings is 1. The maximum atomic E-state index is 11.7. The monoisotopic (exact) mass is 318 g/mol. The number of halogens is 3. The van der Waals surface area contributed by atoms with E-state index < -0.39 is 0 Å². The highest BCUT2D eigenvalue weighted by Crippen LogP contribution is 2.27. The Kier molecular flexibility index (Phi) is 3.99. The summed E-state index contributed by atoms with van der Waals surface area (Å²) < 4.78 is 1.38. The van der Waals surface area contributed by atoms with E-state index in [0.29, 0.717) is 10.8 Å². The molecule has 8 heteroatoms. The van der Waals surface area contributed by atoms with E-state index in [1.54, 1.807) is 26.4 Å². The second-order valence-electron chi connectivity index (χ2n) is 3.91. The number of hydrogen-bond donors (Lipinski definition) is 0. The van der Waals surface area contributed by atoms with Crippen molar-refractivity contribution in [3.63, 3.8) is 0 Å². The van der Waals surface area contributed by atoms with Gasteiger partial charge in [-0.2, -0.15) is 5.10 Å². The highest BCUT2D eigenvalue weighted by atomic mass is 35.5. The van der Waals surface area contributed by atoms with Gasteiger partial charge in [0.25, 0.3) is 5.91 Å². The van der Waals surface area contributed by atoms with Crippen LogP contribution < -0.4 is 0 Å². The van der Waals surface area contributed by atoms with Crippen molar-refractivity contribution in [3.05, 3.63) is 39.2 Å². The average molecular weight is 320 g/mol. The van der Waals surface area contributed by atoms with Gasteiger partial charge >= 0.3 is 0 Å². The molecule has 0 saturated carbocycles. The van der Waals surface area contributed by atoms with E-state index in [1.807, 2.05) is 0 Å². The molecule has 0 unspecified atom stereocenters. The number of hydrogen-bond acceptors (Lipinski definition) is 3. The van der Waals surface area contributed by atoms with Crippen LogP contribution in [0.3, 0.4) is 0 Å². The SMILES string of the molecule is CN(C)C(=O)c1ccn(-c2nc(Cl)c(Cl)cc2Cl)n1. The van der Waals surface area contributed by atoms with E-state index >= 15 is 0 Å². The predicted molar refractivity (Wildman–Crippen MR) is 74.4 cm³/mol. The largest absolute Gasteiger partial charge is 0.343 e. The summed E-state index contributed by atoms with van der Waals surface area (Å²) in [7, 11) is 3.29.